The van der Waals surface area contributed by atoms with Crippen LogP contribution in [0.5, 0.6) is 0 Å². The fourth-order valence-electron chi connectivity index (χ4n) is 1.86. The molecule has 2 aromatic carbocycles. The molecule has 0 amide bonds. The molecular formula is C21H31O3P. The molecule has 0 N–H and O–H groups in total. The first kappa shape index (κ1) is 23.5. The molecule has 2 rings (SSSR count). The topological polar surface area (TPSA) is 35.5 Å². The first-order chi connectivity index (χ1) is 12.1. The number of benzene rings is 2. The second-order valence-electron chi connectivity index (χ2n) is 4.84. The Morgan fingerprint density at radius 2 is 1.28 bits per heavy atom. The molecule has 3 nitrogen and oxygen atoms in total. The van der Waals surface area contributed by atoms with Gasteiger partial charge in [-0.05, 0) is 20.8 Å². The molecule has 0 unspecified atom stereocenters. The van der Waals surface area contributed by atoms with Crippen molar-refractivity contribution in [3.63, 3.8) is 0 Å². The quantitative estimate of drug-likeness (QED) is 0.450. The van der Waals surface area contributed by atoms with Gasteiger partial charge in [-0.2, -0.15) is 0 Å². The van der Waals surface area contributed by atoms with Crippen LogP contribution >= 0.6 is 8.38 Å². The van der Waals surface area contributed by atoms with Gasteiger partial charge in [-0.1, -0.05) is 74.0 Å². The van der Waals surface area contributed by atoms with Gasteiger partial charge < -0.3 is 9.05 Å². The molecule has 0 atom stereocenters. The first-order valence-corrected chi connectivity index (χ1v) is 10.4. The van der Waals surface area contributed by atoms with Crippen LogP contribution in [0, 0.1) is 6.92 Å². The molecule has 0 aliphatic rings. The summed E-state index contributed by atoms with van der Waals surface area (Å²) < 4.78 is 10.2. The molecule has 138 valence electrons. The van der Waals surface area contributed by atoms with E-state index in [1.54, 1.807) is 0 Å². The molecule has 0 spiro atoms. The van der Waals surface area contributed by atoms with Gasteiger partial charge in [0.25, 0.3) is 0 Å². The Balaban J connectivity index is 0.000000493. The molecule has 0 saturated carbocycles. The van der Waals surface area contributed by atoms with Crippen molar-refractivity contribution >= 4 is 14.2 Å². The van der Waals surface area contributed by atoms with Crippen molar-refractivity contribution in [2.24, 2.45) is 0 Å². The minimum absolute atomic E-state index is 0.0793. The SMILES string of the molecule is CC.CCOP(C)OCC.Cc1ccc(C(=O)c2ccccc2)cc1. The molecule has 0 aliphatic carbocycles. The largest absolute Gasteiger partial charge is 0.335 e. The van der Waals surface area contributed by atoms with Crippen LogP contribution in [0.2, 0.25) is 0 Å². The van der Waals surface area contributed by atoms with Gasteiger partial charge in [0.1, 0.15) is 0 Å². The van der Waals surface area contributed by atoms with E-state index < -0.39 is 8.38 Å². The Morgan fingerprint density at radius 3 is 1.72 bits per heavy atom. The standard InChI is InChI=1S/C14H12O.C5H13O2P.C2H6/c1-11-7-9-13(10-8-11)14(15)12-5-3-2-4-6-12;1-4-6-8(3)7-5-2;1-2/h2-10H,1H3;4-5H2,1-3H3;1-2H3. The highest BCUT2D eigenvalue weighted by molar-refractivity contribution is 7.46. The van der Waals surface area contributed by atoms with Crippen LogP contribution in [0.4, 0.5) is 0 Å². The second-order valence-corrected chi connectivity index (χ2v) is 6.23. The molecule has 0 saturated heterocycles. The van der Waals surface area contributed by atoms with Crippen LogP contribution in [0.3, 0.4) is 0 Å². The molecule has 0 fully saturated rings. The van der Waals surface area contributed by atoms with E-state index in [1.807, 2.05) is 95.9 Å². The molecule has 0 heterocycles. The van der Waals surface area contributed by atoms with Crippen LogP contribution in [-0.4, -0.2) is 25.7 Å². The lowest BCUT2D eigenvalue weighted by atomic mass is 10.0. The zero-order valence-corrected chi connectivity index (χ0v) is 17.2. The third-order valence-corrected chi connectivity index (χ3v) is 4.22. The third kappa shape index (κ3) is 10.1. The van der Waals surface area contributed by atoms with Gasteiger partial charge in [0, 0.05) is 17.8 Å². The van der Waals surface area contributed by atoms with E-state index in [2.05, 4.69) is 0 Å². The lowest BCUT2D eigenvalue weighted by molar-refractivity contribution is 0.103. The summed E-state index contributed by atoms with van der Waals surface area (Å²) in [5.74, 6) is 0.0793. The number of hydrogen-bond donors (Lipinski definition) is 0. The van der Waals surface area contributed by atoms with E-state index in [1.165, 1.54) is 5.56 Å². The van der Waals surface area contributed by atoms with Crippen molar-refractivity contribution in [3.8, 4) is 0 Å². The minimum Gasteiger partial charge on any atom is -0.335 e. The Bertz CT molecular complexity index is 561. The van der Waals surface area contributed by atoms with E-state index in [9.17, 15) is 4.79 Å². The fraction of sp³-hybridized carbons (Fsp3) is 0.381. The van der Waals surface area contributed by atoms with Crippen molar-refractivity contribution < 1.29 is 13.8 Å². The van der Waals surface area contributed by atoms with Crippen molar-refractivity contribution in [2.45, 2.75) is 34.6 Å². The molecule has 2 aromatic rings. The molecule has 0 bridgehead atoms. The van der Waals surface area contributed by atoms with E-state index in [0.29, 0.717) is 0 Å². The van der Waals surface area contributed by atoms with Crippen molar-refractivity contribution in [1.82, 2.24) is 0 Å². The van der Waals surface area contributed by atoms with E-state index in [4.69, 9.17) is 9.05 Å². The Kier molecular flexibility index (Phi) is 13.9. The minimum atomic E-state index is -0.581. The summed E-state index contributed by atoms with van der Waals surface area (Å²) in [6.07, 6.45) is 0. The van der Waals surface area contributed by atoms with Crippen molar-refractivity contribution in [2.75, 3.05) is 19.9 Å². The van der Waals surface area contributed by atoms with E-state index >= 15 is 0 Å². The number of aryl methyl sites for hydroxylation is 1. The maximum absolute atomic E-state index is 12.0. The zero-order valence-electron chi connectivity index (χ0n) is 16.3. The predicted octanol–water partition coefficient (Wildman–Crippen LogP) is 6.25. The van der Waals surface area contributed by atoms with E-state index in [-0.39, 0.29) is 5.78 Å². The Hall–Kier alpha value is -1.54. The second kappa shape index (κ2) is 14.8. The van der Waals surface area contributed by atoms with Crippen molar-refractivity contribution in [3.05, 3.63) is 71.3 Å². The first-order valence-electron chi connectivity index (χ1n) is 8.74. The smallest absolute Gasteiger partial charge is 0.193 e. The van der Waals surface area contributed by atoms with Crippen LogP contribution in [-0.2, 0) is 9.05 Å². The van der Waals surface area contributed by atoms with Crippen molar-refractivity contribution in [1.29, 1.82) is 0 Å². The van der Waals surface area contributed by atoms with Gasteiger partial charge in [0.15, 0.2) is 14.2 Å². The summed E-state index contributed by atoms with van der Waals surface area (Å²) in [5.41, 5.74) is 2.65. The summed E-state index contributed by atoms with van der Waals surface area (Å²) in [6.45, 7) is 13.4. The highest BCUT2D eigenvalue weighted by Crippen LogP contribution is 2.32. The van der Waals surface area contributed by atoms with Gasteiger partial charge in [0.2, 0.25) is 0 Å². The summed E-state index contributed by atoms with van der Waals surface area (Å²) in [4.78, 5) is 12.0. The average Bonchev–Trinajstić information content (AvgIpc) is 2.65. The maximum Gasteiger partial charge on any atom is 0.193 e. The van der Waals surface area contributed by atoms with Gasteiger partial charge in [-0.25, -0.2) is 0 Å². The summed E-state index contributed by atoms with van der Waals surface area (Å²) in [5, 5.41) is 0. The van der Waals surface area contributed by atoms with Crippen LogP contribution in [0.15, 0.2) is 54.6 Å². The maximum atomic E-state index is 12.0. The zero-order chi connectivity index (χ0) is 19.1. The Morgan fingerprint density at radius 1 is 0.840 bits per heavy atom. The molecular weight excluding hydrogens is 331 g/mol. The van der Waals surface area contributed by atoms with Crippen LogP contribution < -0.4 is 0 Å². The lowest BCUT2D eigenvalue weighted by Crippen LogP contribution is -2.00. The molecule has 0 aromatic heterocycles. The number of carbonyl (C=O) groups is 1. The normalized spacial score (nSPS) is 9.56. The predicted molar refractivity (Wildman–Crippen MR) is 108 cm³/mol. The van der Waals surface area contributed by atoms with Gasteiger partial charge >= 0.3 is 0 Å². The summed E-state index contributed by atoms with van der Waals surface area (Å²) >= 11 is 0. The number of rotatable bonds is 6. The molecule has 25 heavy (non-hydrogen) atoms. The summed E-state index contributed by atoms with van der Waals surface area (Å²) in [7, 11) is -0.581. The molecule has 0 radical (unpaired) electrons. The van der Waals surface area contributed by atoms with E-state index in [0.717, 1.165) is 24.3 Å². The summed E-state index contributed by atoms with van der Waals surface area (Å²) in [6, 6.07) is 17.0. The number of hydrogen-bond acceptors (Lipinski definition) is 3. The lowest BCUT2D eigenvalue weighted by Gasteiger charge is -2.08. The molecule has 0 aliphatic heterocycles. The third-order valence-electron chi connectivity index (χ3n) is 2.97. The Labute approximate surface area is 154 Å². The highest BCUT2D eigenvalue weighted by atomic mass is 31.2. The molecule has 4 heteroatoms. The number of ketones is 1. The number of carbonyl (C=O) groups excluding carboxylic acids is 1. The van der Waals surface area contributed by atoms with Gasteiger partial charge in [0.05, 0.1) is 13.2 Å². The van der Waals surface area contributed by atoms with Gasteiger partial charge in [-0.3, -0.25) is 4.79 Å². The monoisotopic (exact) mass is 362 g/mol. The fourth-order valence-corrected chi connectivity index (χ4v) is 2.66. The van der Waals surface area contributed by atoms with Gasteiger partial charge in [-0.15, -0.1) is 0 Å². The van der Waals surface area contributed by atoms with Crippen LogP contribution in [0.25, 0.3) is 0 Å². The average molecular weight is 362 g/mol. The van der Waals surface area contributed by atoms with Crippen LogP contribution in [0.1, 0.15) is 49.2 Å². The highest BCUT2D eigenvalue weighted by Gasteiger charge is 2.06.